The lowest BCUT2D eigenvalue weighted by molar-refractivity contribution is -0.177. The van der Waals surface area contributed by atoms with E-state index >= 15 is 0 Å². The first-order valence-corrected chi connectivity index (χ1v) is 10.9. The molecule has 2 aliphatic rings. The maximum Gasteiger partial charge on any atom is 0.407 e. The number of nitrogens with zero attached hydrogens (tertiary/aromatic N) is 1. The molecule has 0 spiro atoms. The Kier molecular flexibility index (Phi) is 6.12. The van der Waals surface area contributed by atoms with E-state index in [4.69, 9.17) is 9.47 Å². The molecule has 2 amide bonds. The zero-order valence-corrected chi connectivity index (χ0v) is 18.9. The molecule has 2 unspecified atom stereocenters. The number of methoxy groups -OCH3 is 1. The number of ether oxygens (including phenoxy) is 2. The zero-order chi connectivity index (χ0) is 23.8. The molecule has 1 aliphatic heterocycles. The second-order valence-corrected chi connectivity index (χ2v) is 9.13. The normalized spacial score (nSPS) is 19.1. The van der Waals surface area contributed by atoms with Crippen molar-refractivity contribution in [1.29, 1.82) is 0 Å². The van der Waals surface area contributed by atoms with Crippen LogP contribution >= 0.6 is 0 Å². The van der Waals surface area contributed by atoms with Crippen LogP contribution in [0.25, 0.3) is 11.1 Å². The van der Waals surface area contributed by atoms with Crippen molar-refractivity contribution in [3.63, 3.8) is 0 Å². The number of benzene rings is 2. The number of rotatable bonds is 7. The number of amides is 2. The van der Waals surface area contributed by atoms with Crippen LogP contribution in [-0.4, -0.2) is 66.9 Å². The molecule has 2 N–H and O–H groups in total. The van der Waals surface area contributed by atoms with Crippen LogP contribution in [-0.2, 0) is 19.1 Å². The molecule has 0 saturated carbocycles. The van der Waals surface area contributed by atoms with E-state index in [1.54, 1.807) is 13.8 Å². The van der Waals surface area contributed by atoms with Crippen LogP contribution in [0.15, 0.2) is 48.5 Å². The number of hydrogen-bond donors (Lipinski definition) is 2. The first kappa shape index (κ1) is 22.8. The Morgan fingerprint density at radius 3 is 2.18 bits per heavy atom. The molecule has 8 heteroatoms. The molecule has 1 saturated heterocycles. The monoisotopic (exact) mass is 452 g/mol. The van der Waals surface area contributed by atoms with E-state index in [-0.39, 0.29) is 19.1 Å². The summed E-state index contributed by atoms with van der Waals surface area (Å²) in [5, 5.41) is 12.0. The van der Waals surface area contributed by atoms with Gasteiger partial charge in [-0.15, -0.1) is 0 Å². The molecule has 8 nitrogen and oxygen atoms in total. The van der Waals surface area contributed by atoms with Crippen LogP contribution < -0.4 is 5.32 Å². The first-order chi connectivity index (χ1) is 15.7. The number of likely N-dealkylation sites (tertiary alicyclic amines) is 1. The highest BCUT2D eigenvalue weighted by Crippen LogP contribution is 2.44. The average molecular weight is 453 g/mol. The Bertz CT molecular complexity index is 1040. The van der Waals surface area contributed by atoms with Crippen LogP contribution in [0.2, 0.25) is 0 Å². The number of carboxylic acid groups (broad SMARTS) is 1. The summed E-state index contributed by atoms with van der Waals surface area (Å²) in [6.45, 7) is 3.95. The third-order valence-electron chi connectivity index (χ3n) is 6.48. The van der Waals surface area contributed by atoms with E-state index in [0.717, 1.165) is 22.3 Å². The molecule has 33 heavy (non-hydrogen) atoms. The Hall–Kier alpha value is -3.39. The number of hydrogen-bond acceptors (Lipinski definition) is 5. The summed E-state index contributed by atoms with van der Waals surface area (Å²) < 4.78 is 10.7. The van der Waals surface area contributed by atoms with Crippen molar-refractivity contribution in [2.24, 2.45) is 5.41 Å². The van der Waals surface area contributed by atoms with Crippen molar-refractivity contribution in [3.05, 3.63) is 59.7 Å². The minimum atomic E-state index is -1.06. The lowest BCUT2D eigenvalue weighted by Gasteiger charge is -2.52. The van der Waals surface area contributed by atoms with Crippen LogP contribution in [0, 0.1) is 5.41 Å². The predicted molar refractivity (Wildman–Crippen MR) is 121 cm³/mol. The molecular formula is C25H28N2O6. The minimum Gasteiger partial charge on any atom is -0.480 e. The number of nitrogens with one attached hydrogen (secondary N) is 1. The highest BCUT2D eigenvalue weighted by atomic mass is 16.5. The molecule has 2 atom stereocenters. The van der Waals surface area contributed by atoms with Crippen LogP contribution in [0.4, 0.5) is 4.79 Å². The first-order valence-electron chi connectivity index (χ1n) is 10.9. The fourth-order valence-electron chi connectivity index (χ4n) is 4.88. The van der Waals surface area contributed by atoms with E-state index in [9.17, 15) is 19.5 Å². The second kappa shape index (κ2) is 8.86. The van der Waals surface area contributed by atoms with Gasteiger partial charge in [0.15, 0.2) is 6.10 Å². The number of alkyl carbamates (subject to hydrolysis) is 1. The van der Waals surface area contributed by atoms with Gasteiger partial charge in [-0.3, -0.25) is 4.79 Å². The fraction of sp³-hybridized carbons (Fsp3) is 0.400. The third kappa shape index (κ3) is 4.18. The van der Waals surface area contributed by atoms with Gasteiger partial charge >= 0.3 is 12.1 Å². The van der Waals surface area contributed by atoms with Crippen molar-refractivity contribution in [1.82, 2.24) is 10.2 Å². The van der Waals surface area contributed by atoms with E-state index < -0.39 is 35.5 Å². The highest BCUT2D eigenvalue weighted by Gasteiger charge is 2.53. The lowest BCUT2D eigenvalue weighted by atomic mass is 9.74. The average Bonchev–Trinajstić information content (AvgIpc) is 3.10. The number of fused-ring (bicyclic) bond motifs is 3. The highest BCUT2D eigenvalue weighted by molar-refractivity contribution is 5.89. The van der Waals surface area contributed by atoms with Crippen molar-refractivity contribution in [2.45, 2.75) is 31.9 Å². The lowest BCUT2D eigenvalue weighted by Crippen LogP contribution is -2.69. The van der Waals surface area contributed by atoms with Gasteiger partial charge in [0, 0.05) is 25.0 Å². The van der Waals surface area contributed by atoms with Crippen molar-refractivity contribution in [2.75, 3.05) is 26.8 Å². The quantitative estimate of drug-likeness (QED) is 0.669. The number of carbonyl (C=O) groups is 3. The summed E-state index contributed by atoms with van der Waals surface area (Å²) in [5.74, 6) is -1.59. The Balaban J connectivity index is 1.34. The van der Waals surface area contributed by atoms with Gasteiger partial charge in [-0.1, -0.05) is 62.4 Å². The molecule has 0 aromatic heterocycles. The van der Waals surface area contributed by atoms with Crippen LogP contribution in [0.3, 0.4) is 0 Å². The maximum atomic E-state index is 12.8. The second-order valence-electron chi connectivity index (χ2n) is 9.13. The van der Waals surface area contributed by atoms with Crippen molar-refractivity contribution in [3.8, 4) is 11.1 Å². The molecule has 2 aromatic rings. The molecular weight excluding hydrogens is 424 g/mol. The number of carboxylic acids is 1. The third-order valence-corrected chi connectivity index (χ3v) is 6.48. The predicted octanol–water partition coefficient (Wildman–Crippen LogP) is 2.86. The standard InChI is InChI=1S/C25H28N2O6/c1-25(2)14-27(21(25)23(29)30)22(28)20(32-3)12-26-24(31)33-13-19-17-10-6-4-8-15(17)16-9-5-7-11-18(16)19/h4-11,19-21H,12-14H2,1-3H3,(H,26,31)(H,29,30). The Morgan fingerprint density at radius 1 is 1.09 bits per heavy atom. The molecule has 0 bridgehead atoms. The Labute approximate surface area is 192 Å². The van der Waals surface area contributed by atoms with E-state index in [0.29, 0.717) is 6.54 Å². The molecule has 0 radical (unpaired) electrons. The van der Waals surface area contributed by atoms with Gasteiger partial charge in [-0.05, 0) is 22.3 Å². The van der Waals surface area contributed by atoms with E-state index in [1.165, 1.54) is 12.0 Å². The Morgan fingerprint density at radius 2 is 1.67 bits per heavy atom. The largest absolute Gasteiger partial charge is 0.480 e. The van der Waals surface area contributed by atoms with Crippen LogP contribution in [0.5, 0.6) is 0 Å². The van der Waals surface area contributed by atoms with Gasteiger partial charge in [0.25, 0.3) is 5.91 Å². The minimum absolute atomic E-state index is 0.0670. The summed E-state index contributed by atoms with van der Waals surface area (Å²) in [7, 11) is 1.35. The molecule has 1 fully saturated rings. The number of carbonyl (C=O) groups excluding carboxylic acids is 2. The topological polar surface area (TPSA) is 105 Å². The molecule has 1 aliphatic carbocycles. The maximum absolute atomic E-state index is 12.8. The summed E-state index contributed by atoms with van der Waals surface area (Å²) in [6, 6.07) is 15.2. The van der Waals surface area contributed by atoms with Crippen molar-refractivity contribution >= 4 is 18.0 Å². The number of aliphatic carboxylic acids is 1. The molecule has 2 aromatic carbocycles. The van der Waals surface area contributed by atoms with Gasteiger partial charge in [0.2, 0.25) is 0 Å². The van der Waals surface area contributed by atoms with Crippen molar-refractivity contribution < 1.29 is 29.0 Å². The zero-order valence-electron chi connectivity index (χ0n) is 18.9. The van der Waals surface area contributed by atoms with E-state index in [1.807, 2.05) is 36.4 Å². The summed E-state index contributed by atoms with van der Waals surface area (Å²) in [6.07, 6.45) is -1.66. The smallest absolute Gasteiger partial charge is 0.407 e. The van der Waals surface area contributed by atoms with E-state index in [2.05, 4.69) is 17.4 Å². The molecule has 174 valence electrons. The molecule has 4 rings (SSSR count). The van der Waals surface area contributed by atoms with Gasteiger partial charge in [0.1, 0.15) is 12.6 Å². The van der Waals surface area contributed by atoms with Gasteiger partial charge in [-0.25, -0.2) is 9.59 Å². The fourth-order valence-corrected chi connectivity index (χ4v) is 4.88. The van der Waals surface area contributed by atoms with Gasteiger partial charge in [0.05, 0.1) is 6.54 Å². The van der Waals surface area contributed by atoms with Gasteiger partial charge in [-0.2, -0.15) is 0 Å². The molecule has 1 heterocycles. The van der Waals surface area contributed by atoms with Gasteiger partial charge < -0.3 is 24.8 Å². The summed E-state index contributed by atoms with van der Waals surface area (Å²) in [4.78, 5) is 38.0. The van der Waals surface area contributed by atoms with Crippen LogP contribution in [0.1, 0.15) is 30.9 Å². The summed E-state index contributed by atoms with van der Waals surface area (Å²) in [5.41, 5.74) is 3.98. The SMILES string of the molecule is COC(CNC(=O)OCC1c2ccccc2-c2ccccc21)C(=O)N1CC(C)(C)C1C(=O)O. The summed E-state index contributed by atoms with van der Waals surface area (Å²) >= 11 is 0.